The fourth-order valence-electron chi connectivity index (χ4n) is 0.814. The van der Waals surface area contributed by atoms with Crippen molar-refractivity contribution >= 4 is 10.1 Å². The first-order valence-corrected chi connectivity index (χ1v) is 5.43. The van der Waals surface area contributed by atoms with E-state index >= 15 is 0 Å². The Morgan fingerprint density at radius 2 is 2.42 bits per heavy atom. The Balaban J connectivity index is 2.46. The second-order valence-electron chi connectivity index (χ2n) is 2.46. The summed E-state index contributed by atoms with van der Waals surface area (Å²) in [6.07, 6.45) is 4.07. The van der Waals surface area contributed by atoms with E-state index in [1.165, 1.54) is 13.2 Å². The zero-order chi connectivity index (χ0) is 9.03. The average Bonchev–Trinajstić information content (AvgIpc) is 2.06. The standard InChI is InChI=1S/C7H12O4S/c1-2-12(8,9)11-7-5-3-4-6-10-7/h4,6-7H,2-3,5H2,1H3. The molecular formula is C7H12O4S. The van der Waals surface area contributed by atoms with Crippen LogP contribution in [0.1, 0.15) is 19.8 Å². The zero-order valence-corrected chi connectivity index (χ0v) is 7.71. The molecule has 1 aliphatic rings. The van der Waals surface area contributed by atoms with Crippen molar-refractivity contribution in [2.24, 2.45) is 0 Å². The predicted molar refractivity (Wildman–Crippen MR) is 43.8 cm³/mol. The van der Waals surface area contributed by atoms with E-state index in [1.807, 2.05) is 6.08 Å². The van der Waals surface area contributed by atoms with Crippen molar-refractivity contribution in [1.29, 1.82) is 0 Å². The maximum absolute atomic E-state index is 10.9. The Hall–Kier alpha value is -0.550. The van der Waals surface area contributed by atoms with Crippen LogP contribution in [0.2, 0.25) is 0 Å². The van der Waals surface area contributed by atoms with E-state index in [0.29, 0.717) is 6.42 Å². The van der Waals surface area contributed by atoms with Crippen molar-refractivity contribution in [3.63, 3.8) is 0 Å². The summed E-state index contributed by atoms with van der Waals surface area (Å²) in [5.41, 5.74) is 0. The van der Waals surface area contributed by atoms with Gasteiger partial charge in [-0.3, -0.25) is 0 Å². The van der Waals surface area contributed by atoms with E-state index in [1.54, 1.807) is 0 Å². The molecule has 1 unspecified atom stereocenters. The van der Waals surface area contributed by atoms with Crippen molar-refractivity contribution in [1.82, 2.24) is 0 Å². The lowest BCUT2D eigenvalue weighted by Gasteiger charge is -2.18. The predicted octanol–water partition coefficient (Wildman–Crippen LogP) is 1.00. The first kappa shape index (κ1) is 9.54. The molecule has 0 N–H and O–H groups in total. The van der Waals surface area contributed by atoms with Gasteiger partial charge in [-0.2, -0.15) is 8.42 Å². The van der Waals surface area contributed by atoms with Crippen molar-refractivity contribution in [2.45, 2.75) is 26.1 Å². The molecule has 0 aromatic carbocycles. The molecule has 1 heterocycles. The van der Waals surface area contributed by atoms with Gasteiger partial charge >= 0.3 is 0 Å². The number of hydrogen-bond donors (Lipinski definition) is 0. The summed E-state index contributed by atoms with van der Waals surface area (Å²) in [7, 11) is -3.38. The van der Waals surface area contributed by atoms with Crippen molar-refractivity contribution < 1.29 is 17.3 Å². The lowest BCUT2D eigenvalue weighted by Crippen LogP contribution is -2.22. The van der Waals surface area contributed by atoms with E-state index in [4.69, 9.17) is 8.92 Å². The van der Waals surface area contributed by atoms with Gasteiger partial charge in [0.05, 0.1) is 12.0 Å². The molecule has 1 rings (SSSR count). The zero-order valence-electron chi connectivity index (χ0n) is 6.89. The topological polar surface area (TPSA) is 52.6 Å². The quantitative estimate of drug-likeness (QED) is 0.626. The highest BCUT2D eigenvalue weighted by Crippen LogP contribution is 2.13. The highest BCUT2D eigenvalue weighted by atomic mass is 32.2. The van der Waals surface area contributed by atoms with Gasteiger partial charge in [0.15, 0.2) is 0 Å². The van der Waals surface area contributed by atoms with Gasteiger partial charge in [0.1, 0.15) is 0 Å². The first-order chi connectivity index (χ1) is 5.64. The van der Waals surface area contributed by atoms with Crippen LogP contribution < -0.4 is 0 Å². The number of rotatable bonds is 3. The van der Waals surface area contributed by atoms with Crippen molar-refractivity contribution in [3.8, 4) is 0 Å². The van der Waals surface area contributed by atoms with Crippen LogP contribution in [0, 0.1) is 0 Å². The molecule has 0 spiro atoms. The fourth-order valence-corrected chi connectivity index (χ4v) is 1.42. The number of hydrogen-bond acceptors (Lipinski definition) is 4. The summed E-state index contributed by atoms with van der Waals surface area (Å²) in [6, 6.07) is 0. The lowest BCUT2D eigenvalue weighted by atomic mass is 10.3. The normalized spacial score (nSPS) is 23.6. The van der Waals surface area contributed by atoms with Gasteiger partial charge in [-0.05, 0) is 19.4 Å². The molecule has 70 valence electrons. The van der Waals surface area contributed by atoms with Crippen LogP contribution in [-0.2, 0) is 19.0 Å². The Morgan fingerprint density at radius 1 is 1.67 bits per heavy atom. The van der Waals surface area contributed by atoms with Crippen molar-refractivity contribution in [2.75, 3.05) is 5.75 Å². The summed E-state index contributed by atoms with van der Waals surface area (Å²) in [5, 5.41) is 0. The molecule has 1 aliphatic heterocycles. The van der Waals surface area contributed by atoms with Gasteiger partial charge in [-0.25, -0.2) is 4.18 Å². The van der Waals surface area contributed by atoms with E-state index in [9.17, 15) is 8.42 Å². The maximum Gasteiger partial charge on any atom is 0.270 e. The van der Waals surface area contributed by atoms with E-state index in [-0.39, 0.29) is 5.75 Å². The number of ether oxygens (including phenoxy) is 1. The van der Waals surface area contributed by atoms with Crippen molar-refractivity contribution in [3.05, 3.63) is 12.3 Å². The molecule has 0 radical (unpaired) electrons. The summed E-state index contributed by atoms with van der Waals surface area (Å²) in [6.45, 7) is 1.54. The van der Waals surface area contributed by atoms with Gasteiger partial charge in [-0.15, -0.1) is 0 Å². The second kappa shape index (κ2) is 3.91. The molecule has 5 heteroatoms. The molecule has 0 aromatic heterocycles. The van der Waals surface area contributed by atoms with E-state index in [0.717, 1.165) is 6.42 Å². The fraction of sp³-hybridized carbons (Fsp3) is 0.714. The van der Waals surface area contributed by atoms with E-state index < -0.39 is 16.4 Å². The van der Waals surface area contributed by atoms with Crippen LogP contribution in [0.5, 0.6) is 0 Å². The third kappa shape index (κ3) is 2.83. The summed E-state index contributed by atoms with van der Waals surface area (Å²) >= 11 is 0. The highest BCUT2D eigenvalue weighted by Gasteiger charge is 2.18. The maximum atomic E-state index is 10.9. The summed E-state index contributed by atoms with van der Waals surface area (Å²) < 4.78 is 31.5. The summed E-state index contributed by atoms with van der Waals surface area (Å²) in [4.78, 5) is 0. The lowest BCUT2D eigenvalue weighted by molar-refractivity contribution is -0.0365. The van der Waals surface area contributed by atoms with Gasteiger partial charge < -0.3 is 4.74 Å². The molecule has 4 nitrogen and oxygen atoms in total. The Morgan fingerprint density at radius 3 is 2.92 bits per heavy atom. The van der Waals surface area contributed by atoms with Crippen LogP contribution in [-0.4, -0.2) is 20.5 Å². The molecular weight excluding hydrogens is 180 g/mol. The monoisotopic (exact) mass is 192 g/mol. The SMILES string of the molecule is CCS(=O)(=O)OC1CCC=CO1. The largest absolute Gasteiger partial charge is 0.472 e. The molecule has 0 amide bonds. The smallest absolute Gasteiger partial charge is 0.270 e. The molecule has 1 atom stereocenters. The molecule has 0 aromatic rings. The molecule has 12 heavy (non-hydrogen) atoms. The van der Waals surface area contributed by atoms with Crippen LogP contribution >= 0.6 is 0 Å². The second-order valence-corrected chi connectivity index (χ2v) is 4.34. The van der Waals surface area contributed by atoms with Crippen LogP contribution in [0.15, 0.2) is 12.3 Å². The molecule has 0 aliphatic carbocycles. The minimum absolute atomic E-state index is 0.0173. The van der Waals surface area contributed by atoms with Crippen LogP contribution in [0.3, 0.4) is 0 Å². The summed E-state index contributed by atoms with van der Waals surface area (Å²) in [5.74, 6) is -0.0173. The highest BCUT2D eigenvalue weighted by molar-refractivity contribution is 7.86. The Bertz CT molecular complexity index is 255. The van der Waals surface area contributed by atoms with Crippen LogP contribution in [0.25, 0.3) is 0 Å². The third-order valence-corrected chi connectivity index (χ3v) is 2.72. The Labute approximate surface area is 72.3 Å². The van der Waals surface area contributed by atoms with E-state index in [2.05, 4.69) is 0 Å². The van der Waals surface area contributed by atoms with Crippen LogP contribution in [0.4, 0.5) is 0 Å². The van der Waals surface area contributed by atoms with Gasteiger partial charge in [0.2, 0.25) is 6.29 Å². The van der Waals surface area contributed by atoms with Gasteiger partial charge in [0, 0.05) is 6.42 Å². The molecule has 0 saturated carbocycles. The number of allylic oxidation sites excluding steroid dienone is 1. The van der Waals surface area contributed by atoms with Gasteiger partial charge in [-0.1, -0.05) is 0 Å². The Kier molecular flexibility index (Phi) is 3.11. The minimum atomic E-state index is -3.38. The first-order valence-electron chi connectivity index (χ1n) is 3.85. The molecule has 0 fully saturated rings. The van der Waals surface area contributed by atoms with Gasteiger partial charge in [0.25, 0.3) is 10.1 Å². The molecule has 0 saturated heterocycles. The third-order valence-electron chi connectivity index (χ3n) is 1.50. The minimum Gasteiger partial charge on any atom is -0.472 e. The average molecular weight is 192 g/mol. The molecule has 0 bridgehead atoms.